The predicted molar refractivity (Wildman–Crippen MR) is 115 cm³/mol. The number of nitrogens with zero attached hydrogens (tertiary/aromatic N) is 2. The lowest BCUT2D eigenvalue weighted by Gasteiger charge is -2.40. The number of fused-ring (bicyclic) bond motifs is 1. The quantitative estimate of drug-likeness (QED) is 0.683. The van der Waals surface area contributed by atoms with Crippen molar-refractivity contribution in [1.82, 2.24) is 4.90 Å². The molecule has 2 aliphatic heterocycles. The van der Waals surface area contributed by atoms with Crippen molar-refractivity contribution in [3.8, 4) is 0 Å². The second-order valence-corrected chi connectivity index (χ2v) is 15.9. The highest BCUT2D eigenvalue weighted by Crippen LogP contribution is 2.39. The molecule has 0 aromatic rings. The molecule has 1 N–H and O–H groups in total. The maximum Gasteiger partial charge on any atom is 0.416 e. The van der Waals surface area contributed by atoms with Crippen LogP contribution in [0.3, 0.4) is 0 Å². The van der Waals surface area contributed by atoms with Crippen LogP contribution in [0.1, 0.15) is 48.0 Å². The van der Waals surface area contributed by atoms with E-state index in [9.17, 15) is 9.90 Å². The number of aliphatic hydroxyl groups is 1. The average molecular weight is 433 g/mol. The van der Waals surface area contributed by atoms with Gasteiger partial charge in [-0.05, 0) is 38.9 Å². The van der Waals surface area contributed by atoms with Gasteiger partial charge in [0.2, 0.25) is 0 Å². The number of aliphatic imine (C=N–C) groups is 1. The molecule has 162 valence electrons. The molecule has 1 fully saturated rings. The summed E-state index contributed by atoms with van der Waals surface area (Å²) in [6.07, 6.45) is -0.976. The molecular formula is C19H36N2O5SSi. The topological polar surface area (TPSA) is 80.6 Å². The summed E-state index contributed by atoms with van der Waals surface area (Å²) in [7, 11) is -0.273. The minimum atomic E-state index is -1.92. The van der Waals surface area contributed by atoms with Crippen LogP contribution in [-0.2, 0) is 13.9 Å². The van der Waals surface area contributed by atoms with Crippen LogP contribution in [0.2, 0.25) is 18.1 Å². The highest BCUT2D eigenvalue weighted by Gasteiger charge is 2.45. The van der Waals surface area contributed by atoms with E-state index >= 15 is 0 Å². The molecule has 9 heteroatoms. The molecule has 0 spiro atoms. The molecule has 2 aliphatic rings. The number of thioether (sulfide) groups is 1. The molecule has 2 rings (SSSR count). The van der Waals surface area contributed by atoms with Crippen molar-refractivity contribution < 1.29 is 23.8 Å². The molecule has 0 unspecified atom stereocenters. The van der Waals surface area contributed by atoms with Gasteiger partial charge in [0.25, 0.3) is 0 Å². The molecule has 7 nitrogen and oxygen atoms in total. The summed E-state index contributed by atoms with van der Waals surface area (Å²) in [4.78, 5) is 18.3. The Morgan fingerprint density at radius 3 is 2.46 bits per heavy atom. The number of hydrogen-bond acceptors (Lipinski definition) is 7. The van der Waals surface area contributed by atoms with Gasteiger partial charge < -0.3 is 19.0 Å². The van der Waals surface area contributed by atoms with Crippen LogP contribution in [0.5, 0.6) is 0 Å². The Hall–Kier alpha value is -0.613. The number of ether oxygens (including phenoxy) is 2. The highest BCUT2D eigenvalue weighted by molar-refractivity contribution is 8.14. The summed E-state index contributed by atoms with van der Waals surface area (Å²) in [6.45, 7) is 16.8. The van der Waals surface area contributed by atoms with Crippen LogP contribution in [0.15, 0.2) is 4.99 Å². The summed E-state index contributed by atoms with van der Waals surface area (Å²) >= 11 is 1.40. The lowest BCUT2D eigenvalue weighted by atomic mass is 10.0. The van der Waals surface area contributed by atoms with Crippen molar-refractivity contribution in [1.29, 1.82) is 0 Å². The molecule has 28 heavy (non-hydrogen) atoms. The third-order valence-corrected chi connectivity index (χ3v) is 11.2. The number of aliphatic hydroxyl groups excluding tert-OH is 1. The van der Waals surface area contributed by atoms with Crippen molar-refractivity contribution in [2.45, 2.75) is 95.4 Å². The molecule has 2 heterocycles. The SMILES string of the molecule is CN(C(=O)OC(C)(C)C)C1=N[C@@H]2C[C@H](O)[C@@H](CO[Si](C)(C)C(C)(C)C)O[C@@H]2S1. The Kier molecular flexibility index (Phi) is 6.98. The van der Waals surface area contributed by atoms with E-state index < -0.39 is 26.1 Å². The van der Waals surface area contributed by atoms with Crippen LogP contribution >= 0.6 is 11.8 Å². The number of hydrogen-bond donors (Lipinski definition) is 1. The molecule has 1 amide bonds. The molecule has 0 aromatic heterocycles. The fraction of sp³-hybridized carbons (Fsp3) is 0.895. The van der Waals surface area contributed by atoms with Gasteiger partial charge in [-0.1, -0.05) is 32.5 Å². The minimum absolute atomic E-state index is 0.101. The third-order valence-electron chi connectivity index (χ3n) is 5.40. The molecule has 0 aliphatic carbocycles. The van der Waals surface area contributed by atoms with Crippen LogP contribution in [0, 0.1) is 0 Å². The van der Waals surface area contributed by atoms with Crippen molar-refractivity contribution >= 4 is 31.3 Å². The number of carbonyl (C=O) groups excluding carboxylic acids is 1. The molecular weight excluding hydrogens is 396 g/mol. The predicted octanol–water partition coefficient (Wildman–Crippen LogP) is 3.82. The van der Waals surface area contributed by atoms with E-state index in [4.69, 9.17) is 13.9 Å². The number of carbonyl (C=O) groups is 1. The molecule has 0 aromatic carbocycles. The fourth-order valence-electron chi connectivity index (χ4n) is 2.59. The molecule has 0 radical (unpaired) electrons. The summed E-state index contributed by atoms with van der Waals surface area (Å²) in [5.74, 6) is 0. The van der Waals surface area contributed by atoms with E-state index in [1.165, 1.54) is 16.7 Å². The van der Waals surface area contributed by atoms with Crippen LogP contribution in [0.4, 0.5) is 4.79 Å². The fourth-order valence-corrected chi connectivity index (χ4v) is 4.77. The first-order valence-corrected chi connectivity index (χ1v) is 13.6. The van der Waals surface area contributed by atoms with Crippen molar-refractivity contribution in [2.24, 2.45) is 4.99 Å². The van der Waals surface area contributed by atoms with Gasteiger partial charge in [-0.25, -0.2) is 4.79 Å². The summed E-state index contributed by atoms with van der Waals surface area (Å²) in [5, 5.41) is 11.2. The van der Waals surface area contributed by atoms with Gasteiger partial charge in [0.05, 0.1) is 18.8 Å². The van der Waals surface area contributed by atoms with E-state index in [0.29, 0.717) is 18.2 Å². The molecule has 4 atom stereocenters. The molecule has 0 bridgehead atoms. The first-order chi connectivity index (χ1) is 12.6. The zero-order valence-corrected chi connectivity index (χ0v) is 20.4. The van der Waals surface area contributed by atoms with Gasteiger partial charge in [0, 0.05) is 13.5 Å². The highest BCUT2D eigenvalue weighted by atomic mass is 32.2. The first-order valence-electron chi connectivity index (χ1n) is 9.79. The number of amides is 1. The zero-order chi connectivity index (χ0) is 21.5. The molecule has 0 saturated carbocycles. The maximum absolute atomic E-state index is 12.3. The van der Waals surface area contributed by atoms with E-state index in [1.54, 1.807) is 7.05 Å². The second-order valence-electron chi connectivity index (χ2n) is 10.1. The zero-order valence-electron chi connectivity index (χ0n) is 18.6. The van der Waals surface area contributed by atoms with Gasteiger partial charge in [0.15, 0.2) is 13.5 Å². The average Bonchev–Trinajstić information content (AvgIpc) is 2.91. The summed E-state index contributed by atoms with van der Waals surface area (Å²) < 4.78 is 17.8. The summed E-state index contributed by atoms with van der Waals surface area (Å²) in [5.41, 5.74) is -0.794. The van der Waals surface area contributed by atoms with Gasteiger partial charge in [-0.2, -0.15) is 0 Å². The van der Waals surface area contributed by atoms with Gasteiger partial charge in [0.1, 0.15) is 17.1 Å². The largest absolute Gasteiger partial charge is 0.443 e. The van der Waals surface area contributed by atoms with Crippen LogP contribution in [0.25, 0.3) is 0 Å². The lowest BCUT2D eigenvalue weighted by molar-refractivity contribution is -0.109. The van der Waals surface area contributed by atoms with Crippen molar-refractivity contribution in [2.75, 3.05) is 13.7 Å². The summed E-state index contributed by atoms with van der Waals surface area (Å²) in [6, 6.07) is -0.177. The van der Waals surface area contributed by atoms with Crippen LogP contribution < -0.4 is 0 Å². The third kappa shape index (κ3) is 5.72. The Labute approximate surface area is 174 Å². The van der Waals surface area contributed by atoms with E-state index in [0.717, 1.165) is 0 Å². The maximum atomic E-state index is 12.3. The number of amidine groups is 1. The smallest absolute Gasteiger partial charge is 0.416 e. The Bertz CT molecular complexity index is 614. The second kappa shape index (κ2) is 8.26. The van der Waals surface area contributed by atoms with E-state index in [2.05, 4.69) is 38.9 Å². The lowest BCUT2D eigenvalue weighted by Crippen LogP contribution is -2.49. The normalized spacial score (nSPS) is 28.6. The first kappa shape index (κ1) is 23.7. The van der Waals surface area contributed by atoms with E-state index in [1.807, 2.05) is 20.8 Å². The minimum Gasteiger partial charge on any atom is -0.443 e. The standard InChI is InChI=1S/C19H36N2O5SSi/c1-18(2,3)26-17(23)21(7)16-20-12-10-13(22)14(25-15(12)27-16)11-24-28(8,9)19(4,5)6/h12-15,22H,10-11H2,1-9H3/t12-,13+,14-,15-/m1/s1. The Morgan fingerprint density at radius 2 is 1.93 bits per heavy atom. The van der Waals surface area contributed by atoms with Crippen molar-refractivity contribution in [3.63, 3.8) is 0 Å². The molecule has 1 saturated heterocycles. The van der Waals surface area contributed by atoms with Gasteiger partial charge in [-0.15, -0.1) is 0 Å². The van der Waals surface area contributed by atoms with Crippen molar-refractivity contribution in [3.05, 3.63) is 0 Å². The van der Waals surface area contributed by atoms with Gasteiger partial charge in [-0.3, -0.25) is 9.89 Å². The van der Waals surface area contributed by atoms with E-state index in [-0.39, 0.29) is 22.6 Å². The van der Waals surface area contributed by atoms with Crippen LogP contribution in [-0.4, -0.2) is 72.5 Å². The number of rotatable bonds is 3. The van der Waals surface area contributed by atoms with Gasteiger partial charge >= 0.3 is 6.09 Å². The Morgan fingerprint density at radius 1 is 1.32 bits per heavy atom. The monoisotopic (exact) mass is 432 g/mol. The Balaban J connectivity index is 1.96.